The summed E-state index contributed by atoms with van der Waals surface area (Å²) in [6, 6.07) is 0. The second-order valence-corrected chi connectivity index (χ2v) is 3.80. The van der Waals surface area contributed by atoms with Crippen LogP contribution in [0.5, 0.6) is 0 Å². The number of hydrogen-bond acceptors (Lipinski definition) is 1. The maximum atomic E-state index is 11.1. The second kappa shape index (κ2) is 4.24. The van der Waals surface area contributed by atoms with E-state index in [-0.39, 0.29) is 11.2 Å². The van der Waals surface area contributed by atoms with E-state index in [0.29, 0.717) is 0 Å². The van der Waals surface area contributed by atoms with Crippen LogP contribution in [0.3, 0.4) is 0 Å². The molecule has 0 amide bonds. The Labute approximate surface area is 75.2 Å². The Morgan fingerprint density at radius 2 is 1.92 bits per heavy atom. The van der Waals surface area contributed by atoms with Gasteiger partial charge in [-0.3, -0.25) is 4.79 Å². The smallest absolute Gasteiger partial charge is 0.135 e. The van der Waals surface area contributed by atoms with Crippen LogP contribution in [0.15, 0.2) is 24.3 Å². The molecule has 0 heterocycles. The highest BCUT2D eigenvalue weighted by molar-refractivity contribution is 5.81. The summed E-state index contributed by atoms with van der Waals surface area (Å²) in [5.74, 6) is 0.232. The van der Waals surface area contributed by atoms with E-state index in [2.05, 4.69) is 12.7 Å². The summed E-state index contributed by atoms with van der Waals surface area (Å²) in [5, 5.41) is 0. The predicted molar refractivity (Wildman–Crippen MR) is 53.0 cm³/mol. The van der Waals surface area contributed by atoms with Gasteiger partial charge in [0.2, 0.25) is 0 Å². The van der Waals surface area contributed by atoms with Crippen LogP contribution in [0.25, 0.3) is 0 Å². The van der Waals surface area contributed by atoms with Gasteiger partial charge in [-0.25, -0.2) is 0 Å². The number of carbonyl (C=O) groups is 1. The van der Waals surface area contributed by atoms with Crippen LogP contribution in [0.1, 0.15) is 34.1 Å². The van der Waals surface area contributed by atoms with Crippen LogP contribution in [0.2, 0.25) is 0 Å². The van der Waals surface area contributed by atoms with E-state index in [0.717, 1.165) is 12.0 Å². The molecule has 0 saturated carbocycles. The molecule has 1 heteroatoms. The molecule has 0 unspecified atom stereocenters. The summed E-state index contributed by atoms with van der Waals surface area (Å²) >= 11 is 0. The molecule has 0 aromatic carbocycles. The van der Waals surface area contributed by atoms with Crippen molar-refractivity contribution in [2.75, 3.05) is 0 Å². The van der Waals surface area contributed by atoms with Crippen molar-refractivity contribution in [3.63, 3.8) is 0 Å². The average molecular weight is 166 g/mol. The molecule has 12 heavy (non-hydrogen) atoms. The van der Waals surface area contributed by atoms with Crippen LogP contribution in [0, 0.1) is 5.41 Å². The minimum atomic E-state index is -0.232. The Morgan fingerprint density at radius 1 is 1.42 bits per heavy atom. The van der Waals surface area contributed by atoms with Crippen molar-refractivity contribution >= 4 is 5.78 Å². The Balaban J connectivity index is 4.26. The fourth-order valence-corrected chi connectivity index (χ4v) is 0.643. The number of allylic oxidation sites excluding steroid dienone is 3. The highest BCUT2D eigenvalue weighted by atomic mass is 16.1. The standard InChI is InChI=1S/C11H18O/c1-6-9(2)7-8-11(4,5)10(3)12/h6-7H,1,8H2,2-5H3. The van der Waals surface area contributed by atoms with E-state index in [9.17, 15) is 4.79 Å². The fraction of sp³-hybridized carbons (Fsp3) is 0.545. The fourth-order valence-electron chi connectivity index (χ4n) is 0.643. The molecule has 0 aromatic rings. The van der Waals surface area contributed by atoms with Gasteiger partial charge >= 0.3 is 0 Å². The Hall–Kier alpha value is -0.850. The summed E-state index contributed by atoms with van der Waals surface area (Å²) in [4.78, 5) is 11.1. The van der Waals surface area contributed by atoms with Gasteiger partial charge in [0.15, 0.2) is 0 Å². The SMILES string of the molecule is C=CC(C)=CCC(C)(C)C(C)=O. The molecule has 0 rings (SSSR count). The molecule has 0 aliphatic heterocycles. The summed E-state index contributed by atoms with van der Waals surface area (Å²) in [7, 11) is 0. The lowest BCUT2D eigenvalue weighted by Crippen LogP contribution is -2.20. The quantitative estimate of drug-likeness (QED) is 0.586. The van der Waals surface area contributed by atoms with Crippen molar-refractivity contribution in [2.45, 2.75) is 34.1 Å². The van der Waals surface area contributed by atoms with E-state index in [1.165, 1.54) is 0 Å². The highest BCUT2D eigenvalue weighted by Crippen LogP contribution is 2.22. The first-order chi connectivity index (χ1) is 5.40. The normalized spacial score (nSPS) is 12.8. The Bertz CT molecular complexity index is 209. The molecule has 1 nitrogen and oxygen atoms in total. The molecule has 0 radical (unpaired) electrons. The lowest BCUT2D eigenvalue weighted by molar-refractivity contribution is -0.124. The number of rotatable bonds is 4. The highest BCUT2D eigenvalue weighted by Gasteiger charge is 2.21. The van der Waals surface area contributed by atoms with E-state index >= 15 is 0 Å². The van der Waals surface area contributed by atoms with Gasteiger partial charge in [0.05, 0.1) is 0 Å². The molecule has 0 bridgehead atoms. The number of carbonyl (C=O) groups excluding carboxylic acids is 1. The summed E-state index contributed by atoms with van der Waals surface area (Å²) in [6.07, 6.45) is 4.64. The molecule has 0 atom stereocenters. The van der Waals surface area contributed by atoms with Crippen LogP contribution in [-0.4, -0.2) is 5.78 Å². The van der Waals surface area contributed by atoms with Crippen molar-refractivity contribution in [1.29, 1.82) is 0 Å². The molecule has 0 N–H and O–H groups in total. The maximum absolute atomic E-state index is 11.1. The van der Waals surface area contributed by atoms with E-state index < -0.39 is 0 Å². The van der Waals surface area contributed by atoms with Gasteiger partial charge in [-0.2, -0.15) is 0 Å². The third kappa shape index (κ3) is 3.51. The van der Waals surface area contributed by atoms with Crippen molar-refractivity contribution in [2.24, 2.45) is 5.41 Å². The van der Waals surface area contributed by atoms with E-state index in [1.54, 1.807) is 13.0 Å². The predicted octanol–water partition coefficient (Wildman–Crippen LogP) is 3.12. The van der Waals surface area contributed by atoms with Gasteiger partial charge in [-0.15, -0.1) is 0 Å². The minimum Gasteiger partial charge on any atom is -0.299 e. The van der Waals surface area contributed by atoms with Gasteiger partial charge in [0, 0.05) is 5.41 Å². The first kappa shape index (κ1) is 11.2. The number of hydrogen-bond donors (Lipinski definition) is 0. The molecule has 0 saturated heterocycles. The third-order valence-corrected chi connectivity index (χ3v) is 2.21. The second-order valence-electron chi connectivity index (χ2n) is 3.80. The largest absolute Gasteiger partial charge is 0.299 e. The zero-order chi connectivity index (χ0) is 9.78. The van der Waals surface area contributed by atoms with Crippen LogP contribution < -0.4 is 0 Å². The van der Waals surface area contributed by atoms with Crippen LogP contribution >= 0.6 is 0 Å². The number of Topliss-reactive ketones (excluding diaryl/α,β-unsaturated/α-hetero) is 1. The molecular formula is C11H18O. The van der Waals surface area contributed by atoms with Crippen molar-refractivity contribution in [3.05, 3.63) is 24.3 Å². The molecule has 0 aliphatic rings. The number of ketones is 1. The maximum Gasteiger partial charge on any atom is 0.135 e. The van der Waals surface area contributed by atoms with Gasteiger partial charge in [0.1, 0.15) is 5.78 Å². The van der Waals surface area contributed by atoms with E-state index in [4.69, 9.17) is 0 Å². The zero-order valence-corrected chi connectivity index (χ0v) is 8.48. The lowest BCUT2D eigenvalue weighted by Gasteiger charge is -2.18. The molecule has 0 spiro atoms. The van der Waals surface area contributed by atoms with Crippen molar-refractivity contribution in [1.82, 2.24) is 0 Å². The zero-order valence-electron chi connectivity index (χ0n) is 8.48. The van der Waals surface area contributed by atoms with Crippen LogP contribution in [-0.2, 0) is 4.79 Å². The molecule has 0 fully saturated rings. The van der Waals surface area contributed by atoms with E-state index in [1.807, 2.05) is 20.8 Å². The average Bonchev–Trinajstić information content (AvgIpc) is 2.00. The van der Waals surface area contributed by atoms with Gasteiger partial charge < -0.3 is 0 Å². The third-order valence-electron chi connectivity index (χ3n) is 2.21. The molecule has 68 valence electrons. The summed E-state index contributed by atoms with van der Waals surface area (Å²) in [6.45, 7) is 11.2. The summed E-state index contributed by atoms with van der Waals surface area (Å²) < 4.78 is 0. The molecule has 0 aliphatic carbocycles. The Kier molecular flexibility index (Phi) is 3.94. The van der Waals surface area contributed by atoms with Gasteiger partial charge in [0.25, 0.3) is 0 Å². The first-order valence-corrected chi connectivity index (χ1v) is 4.20. The topological polar surface area (TPSA) is 17.1 Å². The monoisotopic (exact) mass is 166 g/mol. The molecule has 0 aromatic heterocycles. The minimum absolute atomic E-state index is 0.232. The first-order valence-electron chi connectivity index (χ1n) is 4.20. The molecular weight excluding hydrogens is 148 g/mol. The lowest BCUT2D eigenvalue weighted by atomic mass is 9.85. The van der Waals surface area contributed by atoms with Crippen LogP contribution in [0.4, 0.5) is 0 Å². The van der Waals surface area contributed by atoms with Gasteiger partial charge in [-0.1, -0.05) is 38.2 Å². The van der Waals surface area contributed by atoms with Crippen molar-refractivity contribution < 1.29 is 4.79 Å². The Morgan fingerprint density at radius 3 is 2.25 bits per heavy atom. The summed E-state index contributed by atoms with van der Waals surface area (Å²) in [5.41, 5.74) is 0.897. The van der Waals surface area contributed by atoms with Gasteiger partial charge in [-0.05, 0) is 20.3 Å². The van der Waals surface area contributed by atoms with Crippen molar-refractivity contribution in [3.8, 4) is 0 Å².